The highest BCUT2D eigenvalue weighted by Crippen LogP contribution is 2.26. The fourth-order valence-electron chi connectivity index (χ4n) is 3.96. The maximum atomic E-state index is 13.0. The molecule has 0 saturated heterocycles. The number of hydrogen-bond acceptors (Lipinski definition) is 5. The molecule has 5 aromatic rings. The van der Waals surface area contributed by atoms with Gasteiger partial charge in [-0.1, -0.05) is 61.2 Å². The van der Waals surface area contributed by atoms with Crippen molar-refractivity contribution in [1.82, 2.24) is 19.2 Å². The summed E-state index contributed by atoms with van der Waals surface area (Å²) in [5, 5.41) is 14.6. The van der Waals surface area contributed by atoms with Gasteiger partial charge >= 0.3 is 0 Å². The first kappa shape index (κ1) is 21.2. The second-order valence-electron chi connectivity index (χ2n) is 7.90. The van der Waals surface area contributed by atoms with Crippen molar-refractivity contribution in [2.75, 3.05) is 5.32 Å². The second-order valence-corrected chi connectivity index (χ2v) is 9.21. The van der Waals surface area contributed by atoms with Crippen LogP contribution >= 0.6 is 11.8 Å². The van der Waals surface area contributed by atoms with Crippen molar-refractivity contribution in [3.63, 3.8) is 0 Å². The van der Waals surface area contributed by atoms with Crippen LogP contribution in [-0.2, 0) is 11.3 Å². The number of aryl methyl sites for hydroxylation is 1. The predicted molar refractivity (Wildman–Crippen MR) is 133 cm³/mol. The number of rotatable bonds is 6. The van der Waals surface area contributed by atoms with E-state index in [1.165, 1.54) is 11.8 Å². The summed E-state index contributed by atoms with van der Waals surface area (Å²) in [7, 11) is 0. The number of nitrogens with one attached hydrogen (secondary N) is 1. The Morgan fingerprint density at radius 3 is 2.61 bits per heavy atom. The molecule has 7 nitrogen and oxygen atoms in total. The first-order chi connectivity index (χ1) is 16.1. The summed E-state index contributed by atoms with van der Waals surface area (Å²) in [6.07, 6.45) is 0.799. The van der Waals surface area contributed by atoms with Gasteiger partial charge in [-0.25, -0.2) is 0 Å². The predicted octanol–water partition coefficient (Wildman–Crippen LogP) is 4.73. The molecule has 0 spiro atoms. The van der Waals surface area contributed by atoms with Gasteiger partial charge in [0, 0.05) is 12.2 Å². The number of fused-ring (bicyclic) bond motifs is 4. The molecule has 0 bridgehead atoms. The molecule has 5 rings (SSSR count). The van der Waals surface area contributed by atoms with Crippen LogP contribution in [0, 0.1) is 0 Å². The quantitative estimate of drug-likeness (QED) is 0.373. The first-order valence-corrected chi connectivity index (χ1v) is 11.8. The molecule has 2 aromatic heterocycles. The summed E-state index contributed by atoms with van der Waals surface area (Å²) < 4.78 is 3.52. The summed E-state index contributed by atoms with van der Waals surface area (Å²) in [6.45, 7) is 4.41. The van der Waals surface area contributed by atoms with Crippen LogP contribution in [-0.4, -0.2) is 30.3 Å². The van der Waals surface area contributed by atoms with E-state index in [1.807, 2.05) is 85.0 Å². The average Bonchev–Trinajstić information content (AvgIpc) is 3.25. The number of thioether (sulfide) groups is 1. The summed E-state index contributed by atoms with van der Waals surface area (Å²) >= 11 is 1.32. The van der Waals surface area contributed by atoms with Crippen LogP contribution in [0.3, 0.4) is 0 Å². The van der Waals surface area contributed by atoms with Gasteiger partial charge in [0.1, 0.15) is 0 Å². The summed E-state index contributed by atoms with van der Waals surface area (Å²) in [4.78, 5) is 25.9. The molecule has 0 aliphatic heterocycles. The smallest absolute Gasteiger partial charge is 0.262 e. The summed E-state index contributed by atoms with van der Waals surface area (Å²) in [5.41, 5.74) is 1.41. The van der Waals surface area contributed by atoms with Crippen molar-refractivity contribution in [2.24, 2.45) is 0 Å². The molecule has 0 radical (unpaired) electrons. The Labute approximate surface area is 194 Å². The Morgan fingerprint density at radius 2 is 1.79 bits per heavy atom. The molecule has 8 heteroatoms. The number of carbonyl (C=O) groups excluding carboxylic acids is 1. The molecule has 33 heavy (non-hydrogen) atoms. The molecule has 1 amide bonds. The topological polar surface area (TPSA) is 81.3 Å². The zero-order chi connectivity index (χ0) is 22.9. The van der Waals surface area contributed by atoms with Gasteiger partial charge in [-0.3, -0.25) is 18.6 Å². The number of carbonyl (C=O) groups is 1. The number of aromatic nitrogens is 4. The lowest BCUT2D eigenvalue weighted by molar-refractivity contribution is -0.115. The third-order valence-electron chi connectivity index (χ3n) is 5.59. The fourth-order valence-corrected chi connectivity index (χ4v) is 4.81. The van der Waals surface area contributed by atoms with Crippen molar-refractivity contribution in [1.29, 1.82) is 0 Å². The van der Waals surface area contributed by atoms with E-state index in [1.54, 1.807) is 4.57 Å². The van der Waals surface area contributed by atoms with E-state index in [4.69, 9.17) is 0 Å². The number of anilines is 1. The third-order valence-corrected chi connectivity index (χ3v) is 6.64. The summed E-state index contributed by atoms with van der Waals surface area (Å²) in [6, 6.07) is 21.3. The van der Waals surface area contributed by atoms with E-state index in [-0.39, 0.29) is 11.5 Å². The van der Waals surface area contributed by atoms with E-state index in [9.17, 15) is 9.59 Å². The van der Waals surface area contributed by atoms with Crippen LogP contribution < -0.4 is 10.9 Å². The molecule has 166 valence electrons. The van der Waals surface area contributed by atoms with Crippen molar-refractivity contribution < 1.29 is 4.79 Å². The monoisotopic (exact) mass is 457 g/mol. The zero-order valence-electron chi connectivity index (χ0n) is 18.4. The van der Waals surface area contributed by atoms with E-state index in [2.05, 4.69) is 15.5 Å². The lowest BCUT2D eigenvalue weighted by Gasteiger charge is -2.13. The number of nitrogens with zero attached hydrogens (tertiary/aromatic N) is 4. The highest BCUT2D eigenvalue weighted by molar-refractivity contribution is 8.00. The van der Waals surface area contributed by atoms with Gasteiger partial charge in [0.05, 0.1) is 16.2 Å². The Morgan fingerprint density at radius 1 is 1.03 bits per heavy atom. The Kier molecular flexibility index (Phi) is 5.60. The van der Waals surface area contributed by atoms with E-state index in [0.29, 0.717) is 22.9 Å². The minimum absolute atomic E-state index is 0.0778. The highest BCUT2D eigenvalue weighted by atomic mass is 32.2. The van der Waals surface area contributed by atoms with Gasteiger partial charge in [0.25, 0.3) is 5.56 Å². The largest absolute Gasteiger partial charge is 0.325 e. The van der Waals surface area contributed by atoms with Crippen molar-refractivity contribution in [2.45, 2.75) is 37.2 Å². The molecular formula is C25H23N5O2S. The van der Waals surface area contributed by atoms with E-state index in [0.717, 1.165) is 28.4 Å². The minimum Gasteiger partial charge on any atom is -0.325 e. The molecule has 1 atom stereocenters. The maximum absolute atomic E-state index is 13.0. The Balaban J connectivity index is 1.47. The molecule has 1 unspecified atom stereocenters. The van der Waals surface area contributed by atoms with Crippen molar-refractivity contribution >= 4 is 50.8 Å². The van der Waals surface area contributed by atoms with Gasteiger partial charge < -0.3 is 5.32 Å². The van der Waals surface area contributed by atoms with Crippen LogP contribution in [0.1, 0.15) is 20.3 Å². The van der Waals surface area contributed by atoms with Crippen LogP contribution in [0.25, 0.3) is 27.5 Å². The highest BCUT2D eigenvalue weighted by Gasteiger charge is 2.21. The number of hydrogen-bond donors (Lipinski definition) is 1. The van der Waals surface area contributed by atoms with Gasteiger partial charge in [-0.05, 0) is 48.4 Å². The number of benzene rings is 3. The molecule has 1 N–H and O–H groups in total. The van der Waals surface area contributed by atoms with E-state index < -0.39 is 5.25 Å². The molecule has 0 aliphatic carbocycles. The van der Waals surface area contributed by atoms with Gasteiger partial charge in [0.15, 0.2) is 5.16 Å². The number of para-hydroxylation sites is 1. The molecule has 3 aromatic carbocycles. The standard InChI is InChI=1S/C25H23N5O2S/c1-3-14-29-23(32)20-10-6-7-11-21(20)30-24(29)27-28-25(30)33-16(2)22(31)26-19-13-12-17-8-4-5-9-18(17)15-19/h4-13,15-16H,3,14H2,1-2H3,(H,26,31). The van der Waals surface area contributed by atoms with Gasteiger partial charge in [-0.2, -0.15) is 0 Å². The zero-order valence-corrected chi connectivity index (χ0v) is 19.2. The number of amides is 1. The van der Waals surface area contributed by atoms with Gasteiger partial charge in [-0.15, -0.1) is 10.2 Å². The first-order valence-electron chi connectivity index (χ1n) is 10.9. The lowest BCUT2D eigenvalue weighted by atomic mass is 10.1. The molecule has 0 saturated carbocycles. The lowest BCUT2D eigenvalue weighted by Crippen LogP contribution is -2.24. The van der Waals surface area contributed by atoms with Crippen LogP contribution in [0.15, 0.2) is 76.7 Å². The second kappa shape index (κ2) is 8.71. The molecule has 0 aliphatic rings. The molecular weight excluding hydrogens is 434 g/mol. The average molecular weight is 458 g/mol. The SMILES string of the molecule is CCCn1c(=O)c2ccccc2n2c(SC(C)C(=O)Nc3ccc4ccccc4c3)nnc12. The maximum Gasteiger partial charge on any atom is 0.262 e. The fraction of sp³-hybridized carbons (Fsp3) is 0.200. The Bertz CT molecular complexity index is 1560. The van der Waals surface area contributed by atoms with Crippen LogP contribution in [0.4, 0.5) is 5.69 Å². The van der Waals surface area contributed by atoms with Gasteiger partial charge in [0.2, 0.25) is 11.7 Å². The molecule has 2 heterocycles. The summed E-state index contributed by atoms with van der Waals surface area (Å²) in [5.74, 6) is 0.364. The van der Waals surface area contributed by atoms with E-state index >= 15 is 0 Å². The van der Waals surface area contributed by atoms with Crippen LogP contribution in [0.5, 0.6) is 0 Å². The minimum atomic E-state index is -0.422. The van der Waals surface area contributed by atoms with Crippen LogP contribution in [0.2, 0.25) is 0 Å². The van der Waals surface area contributed by atoms with Crippen molar-refractivity contribution in [3.8, 4) is 0 Å². The molecule has 0 fully saturated rings. The third kappa shape index (κ3) is 3.87. The Hall–Kier alpha value is -3.65. The van der Waals surface area contributed by atoms with Crippen molar-refractivity contribution in [3.05, 3.63) is 77.1 Å². The normalized spacial score (nSPS) is 12.4.